The van der Waals surface area contributed by atoms with E-state index in [-0.39, 0.29) is 10.8 Å². The molecule has 6 heteroatoms. The quantitative estimate of drug-likeness (QED) is 0.325. The molecule has 3 aromatic carbocycles. The number of phenolic OH excluding ortho intramolecular Hbond substituents is 1. The van der Waals surface area contributed by atoms with Gasteiger partial charge in [-0.05, 0) is 53.1 Å². The molecule has 28 heavy (non-hydrogen) atoms. The van der Waals surface area contributed by atoms with Crippen LogP contribution < -0.4 is 5.43 Å². The van der Waals surface area contributed by atoms with Crippen LogP contribution >= 0.6 is 23.2 Å². The lowest BCUT2D eigenvalue weighted by Crippen LogP contribution is -2.17. The Morgan fingerprint density at radius 1 is 0.893 bits per heavy atom. The van der Waals surface area contributed by atoms with Crippen molar-refractivity contribution in [3.8, 4) is 5.75 Å². The Kier molecular flexibility index (Phi) is 6.48. The number of phenols is 1. The average Bonchev–Trinajstić information content (AvgIpc) is 2.70. The lowest BCUT2D eigenvalue weighted by molar-refractivity contribution is 0.0955. The van der Waals surface area contributed by atoms with Crippen LogP contribution in [-0.2, 0) is 0 Å². The molecule has 0 fully saturated rings. The summed E-state index contributed by atoms with van der Waals surface area (Å²) in [5.41, 5.74) is 5.62. The fourth-order valence-electron chi connectivity index (χ4n) is 2.39. The summed E-state index contributed by atoms with van der Waals surface area (Å²) in [5, 5.41) is 14.2. The van der Waals surface area contributed by atoms with Crippen molar-refractivity contribution in [2.75, 3.05) is 0 Å². The van der Waals surface area contributed by atoms with Gasteiger partial charge in [0.15, 0.2) is 0 Å². The molecule has 0 aliphatic heterocycles. The molecule has 0 aliphatic rings. The standard InChI is InChI=1S/C22H16Cl2N2O2/c23-19-9-6-15(7-10-19)4-5-16-2-1-3-17(12-16)14-25-26-22(28)18-8-11-21(27)20(24)13-18/h1-14,27H,(H,26,28)/b5-4+,25-14+. The van der Waals surface area contributed by atoms with Gasteiger partial charge >= 0.3 is 0 Å². The van der Waals surface area contributed by atoms with Gasteiger partial charge in [0.25, 0.3) is 5.91 Å². The van der Waals surface area contributed by atoms with E-state index in [2.05, 4.69) is 10.5 Å². The zero-order chi connectivity index (χ0) is 19.9. The van der Waals surface area contributed by atoms with Gasteiger partial charge in [-0.15, -0.1) is 0 Å². The summed E-state index contributed by atoms with van der Waals surface area (Å²) in [6, 6.07) is 19.5. The largest absolute Gasteiger partial charge is 0.506 e. The van der Waals surface area contributed by atoms with E-state index < -0.39 is 5.91 Å². The maximum Gasteiger partial charge on any atom is 0.271 e. The van der Waals surface area contributed by atoms with Gasteiger partial charge in [-0.1, -0.05) is 65.7 Å². The molecular weight excluding hydrogens is 395 g/mol. The average molecular weight is 411 g/mol. The van der Waals surface area contributed by atoms with Crippen LogP contribution in [0.25, 0.3) is 12.2 Å². The molecule has 0 atom stereocenters. The molecule has 0 radical (unpaired) electrons. The Morgan fingerprint density at radius 3 is 2.36 bits per heavy atom. The molecule has 0 heterocycles. The predicted molar refractivity (Wildman–Crippen MR) is 115 cm³/mol. The van der Waals surface area contributed by atoms with Crippen LogP contribution in [0.3, 0.4) is 0 Å². The molecule has 0 bridgehead atoms. The second kappa shape index (κ2) is 9.22. The van der Waals surface area contributed by atoms with Crippen molar-refractivity contribution < 1.29 is 9.90 Å². The Bertz CT molecular complexity index is 1040. The summed E-state index contributed by atoms with van der Waals surface area (Å²) < 4.78 is 0. The van der Waals surface area contributed by atoms with Gasteiger partial charge in [-0.2, -0.15) is 5.10 Å². The number of halogens is 2. The summed E-state index contributed by atoms with van der Waals surface area (Å²) in [5.74, 6) is -0.498. The smallest absolute Gasteiger partial charge is 0.271 e. The van der Waals surface area contributed by atoms with Crippen molar-refractivity contribution in [2.45, 2.75) is 0 Å². The highest BCUT2D eigenvalue weighted by Crippen LogP contribution is 2.23. The molecule has 0 aliphatic carbocycles. The van der Waals surface area contributed by atoms with E-state index in [9.17, 15) is 9.90 Å². The first-order chi connectivity index (χ1) is 13.5. The molecule has 0 saturated carbocycles. The number of nitrogens with one attached hydrogen (secondary N) is 1. The van der Waals surface area contributed by atoms with Crippen molar-refractivity contribution in [1.29, 1.82) is 0 Å². The number of rotatable bonds is 5. The highest BCUT2D eigenvalue weighted by Gasteiger charge is 2.07. The normalized spacial score (nSPS) is 11.2. The molecule has 0 unspecified atom stereocenters. The second-order valence-electron chi connectivity index (χ2n) is 5.92. The minimum absolute atomic E-state index is 0.0785. The zero-order valence-electron chi connectivity index (χ0n) is 14.6. The summed E-state index contributed by atoms with van der Waals surface area (Å²) in [6.07, 6.45) is 5.53. The van der Waals surface area contributed by atoms with Gasteiger partial charge in [0.2, 0.25) is 0 Å². The van der Waals surface area contributed by atoms with Crippen LogP contribution in [0.2, 0.25) is 10.0 Å². The van der Waals surface area contributed by atoms with E-state index in [1.165, 1.54) is 18.2 Å². The maximum atomic E-state index is 12.1. The predicted octanol–water partition coefficient (Wildman–Crippen LogP) is 5.63. The first-order valence-corrected chi connectivity index (χ1v) is 9.12. The van der Waals surface area contributed by atoms with E-state index in [0.29, 0.717) is 10.6 Å². The summed E-state index contributed by atoms with van der Waals surface area (Å²) in [4.78, 5) is 12.1. The molecule has 0 aromatic heterocycles. The van der Waals surface area contributed by atoms with Crippen molar-refractivity contribution in [2.24, 2.45) is 5.10 Å². The number of hydrogen-bond acceptors (Lipinski definition) is 3. The van der Waals surface area contributed by atoms with Gasteiger partial charge in [0.1, 0.15) is 5.75 Å². The van der Waals surface area contributed by atoms with Gasteiger partial charge in [0, 0.05) is 10.6 Å². The Balaban J connectivity index is 1.64. The van der Waals surface area contributed by atoms with Crippen molar-refractivity contribution >= 4 is 47.5 Å². The Morgan fingerprint density at radius 2 is 1.61 bits per heavy atom. The third kappa shape index (κ3) is 5.46. The monoisotopic (exact) mass is 410 g/mol. The summed E-state index contributed by atoms with van der Waals surface area (Å²) in [7, 11) is 0. The fraction of sp³-hybridized carbons (Fsp3) is 0. The Hall–Kier alpha value is -3.08. The molecule has 0 saturated heterocycles. The lowest BCUT2D eigenvalue weighted by atomic mass is 10.1. The number of carbonyl (C=O) groups excluding carboxylic acids is 1. The van der Waals surface area contributed by atoms with Crippen LogP contribution in [0, 0.1) is 0 Å². The third-order valence-corrected chi connectivity index (χ3v) is 4.39. The van der Waals surface area contributed by atoms with E-state index in [1.807, 2.05) is 60.7 Å². The molecule has 3 aromatic rings. The molecule has 1 amide bonds. The number of aromatic hydroxyl groups is 1. The van der Waals surface area contributed by atoms with Gasteiger partial charge in [-0.3, -0.25) is 4.79 Å². The van der Waals surface area contributed by atoms with Crippen LogP contribution in [0.5, 0.6) is 5.75 Å². The van der Waals surface area contributed by atoms with Crippen LogP contribution in [0.4, 0.5) is 0 Å². The van der Waals surface area contributed by atoms with Gasteiger partial charge in [-0.25, -0.2) is 5.43 Å². The highest BCUT2D eigenvalue weighted by atomic mass is 35.5. The maximum absolute atomic E-state index is 12.1. The van der Waals surface area contributed by atoms with E-state index in [0.717, 1.165) is 16.7 Å². The molecule has 140 valence electrons. The molecule has 4 nitrogen and oxygen atoms in total. The fourth-order valence-corrected chi connectivity index (χ4v) is 2.69. The van der Waals surface area contributed by atoms with Crippen molar-refractivity contribution in [1.82, 2.24) is 5.43 Å². The lowest BCUT2D eigenvalue weighted by Gasteiger charge is -2.02. The number of benzene rings is 3. The molecular formula is C22H16Cl2N2O2. The third-order valence-electron chi connectivity index (χ3n) is 3.84. The highest BCUT2D eigenvalue weighted by molar-refractivity contribution is 6.32. The number of hydrazone groups is 1. The van der Waals surface area contributed by atoms with E-state index >= 15 is 0 Å². The van der Waals surface area contributed by atoms with Crippen molar-refractivity contribution in [3.05, 3.63) is 99.0 Å². The molecule has 2 N–H and O–H groups in total. The van der Waals surface area contributed by atoms with Crippen LogP contribution in [0.1, 0.15) is 27.0 Å². The van der Waals surface area contributed by atoms with Gasteiger partial charge in [0.05, 0.1) is 11.2 Å². The zero-order valence-corrected chi connectivity index (χ0v) is 16.2. The topological polar surface area (TPSA) is 61.7 Å². The van der Waals surface area contributed by atoms with Crippen molar-refractivity contribution in [3.63, 3.8) is 0 Å². The van der Waals surface area contributed by atoms with Gasteiger partial charge < -0.3 is 5.11 Å². The summed E-state index contributed by atoms with van der Waals surface area (Å²) in [6.45, 7) is 0. The SMILES string of the molecule is O=C(N/N=C/c1cccc(/C=C/c2ccc(Cl)cc2)c1)c1ccc(O)c(Cl)c1. The summed E-state index contributed by atoms with van der Waals surface area (Å²) >= 11 is 11.7. The van der Waals surface area contributed by atoms with Crippen LogP contribution in [-0.4, -0.2) is 17.2 Å². The van der Waals surface area contributed by atoms with Crippen LogP contribution in [0.15, 0.2) is 71.8 Å². The first kappa shape index (κ1) is 19.7. The number of hydrogen-bond donors (Lipinski definition) is 2. The minimum Gasteiger partial charge on any atom is -0.506 e. The second-order valence-corrected chi connectivity index (χ2v) is 6.76. The number of amides is 1. The first-order valence-electron chi connectivity index (χ1n) is 8.37. The van der Waals surface area contributed by atoms with E-state index in [1.54, 1.807) is 6.21 Å². The van der Waals surface area contributed by atoms with E-state index in [4.69, 9.17) is 23.2 Å². The number of nitrogens with zero attached hydrogens (tertiary/aromatic N) is 1. The Labute approximate surface area is 172 Å². The molecule has 3 rings (SSSR count). The molecule has 0 spiro atoms. The number of carbonyl (C=O) groups is 1. The minimum atomic E-state index is -0.420.